The van der Waals surface area contributed by atoms with Crippen LogP contribution >= 0.6 is 15.9 Å². The van der Waals surface area contributed by atoms with Gasteiger partial charge in [0.05, 0.1) is 6.61 Å². The molecule has 6 heteroatoms. The zero-order valence-electron chi connectivity index (χ0n) is 7.34. The lowest BCUT2D eigenvalue weighted by Crippen LogP contribution is -2.18. The molecule has 1 aliphatic rings. The van der Waals surface area contributed by atoms with Gasteiger partial charge in [-0.1, -0.05) is 22.0 Å². The van der Waals surface area contributed by atoms with E-state index in [-0.39, 0.29) is 11.9 Å². The summed E-state index contributed by atoms with van der Waals surface area (Å²) in [6, 6.07) is 4.49. The third-order valence-electron chi connectivity index (χ3n) is 1.88. The summed E-state index contributed by atoms with van der Waals surface area (Å²) in [6.07, 6.45) is -4.94. The minimum atomic E-state index is -4.68. The zero-order chi connectivity index (χ0) is 11.1. The SMILES string of the molecule is FC(F)(F)Oc1cc(Br)ccc1[C@H]1CO1. The fraction of sp³-hybridized carbons (Fsp3) is 0.333. The van der Waals surface area contributed by atoms with E-state index in [2.05, 4.69) is 20.7 Å². The lowest BCUT2D eigenvalue weighted by molar-refractivity contribution is -0.275. The van der Waals surface area contributed by atoms with Crippen LogP contribution in [0.15, 0.2) is 22.7 Å². The number of rotatable bonds is 2. The van der Waals surface area contributed by atoms with Gasteiger partial charge in [0.2, 0.25) is 0 Å². The summed E-state index contributed by atoms with van der Waals surface area (Å²) in [7, 11) is 0. The monoisotopic (exact) mass is 282 g/mol. The summed E-state index contributed by atoms with van der Waals surface area (Å²) in [5.74, 6) is -0.209. The summed E-state index contributed by atoms with van der Waals surface area (Å²) in [5, 5.41) is 0. The van der Waals surface area contributed by atoms with Crippen LogP contribution in [-0.2, 0) is 4.74 Å². The summed E-state index contributed by atoms with van der Waals surface area (Å²) < 4.78 is 45.5. The van der Waals surface area contributed by atoms with E-state index < -0.39 is 6.36 Å². The number of ether oxygens (including phenoxy) is 2. The summed E-state index contributed by atoms with van der Waals surface area (Å²) in [4.78, 5) is 0. The largest absolute Gasteiger partial charge is 0.573 e. The maximum absolute atomic E-state index is 12.1. The Kier molecular flexibility index (Phi) is 2.64. The van der Waals surface area contributed by atoms with Crippen LogP contribution in [0.4, 0.5) is 13.2 Å². The molecule has 1 aliphatic heterocycles. The van der Waals surface area contributed by atoms with Crippen LogP contribution in [-0.4, -0.2) is 13.0 Å². The lowest BCUT2D eigenvalue weighted by Gasteiger charge is -2.12. The van der Waals surface area contributed by atoms with Crippen molar-refractivity contribution < 1.29 is 22.6 Å². The maximum atomic E-state index is 12.1. The van der Waals surface area contributed by atoms with E-state index in [1.54, 1.807) is 12.1 Å². The predicted octanol–water partition coefficient (Wildman–Crippen LogP) is 3.42. The van der Waals surface area contributed by atoms with Crippen molar-refractivity contribution in [2.75, 3.05) is 6.61 Å². The molecule has 15 heavy (non-hydrogen) atoms. The lowest BCUT2D eigenvalue weighted by atomic mass is 10.1. The van der Waals surface area contributed by atoms with Gasteiger partial charge in [-0.25, -0.2) is 0 Å². The molecule has 0 amide bonds. The van der Waals surface area contributed by atoms with Gasteiger partial charge in [0.1, 0.15) is 11.9 Å². The normalized spacial score (nSPS) is 20.1. The molecule has 0 N–H and O–H groups in total. The van der Waals surface area contributed by atoms with Crippen molar-refractivity contribution in [3.63, 3.8) is 0 Å². The molecule has 2 nitrogen and oxygen atoms in total. The Morgan fingerprint density at radius 2 is 2.07 bits per heavy atom. The molecule has 1 saturated heterocycles. The number of halogens is 4. The van der Waals surface area contributed by atoms with Gasteiger partial charge in [-0.15, -0.1) is 13.2 Å². The second kappa shape index (κ2) is 3.68. The van der Waals surface area contributed by atoms with E-state index in [0.29, 0.717) is 16.6 Å². The van der Waals surface area contributed by atoms with Crippen molar-refractivity contribution >= 4 is 15.9 Å². The Morgan fingerprint density at radius 1 is 1.40 bits per heavy atom. The molecule has 0 aliphatic carbocycles. The molecule has 0 radical (unpaired) electrons. The molecule has 1 aromatic rings. The van der Waals surface area contributed by atoms with Crippen molar-refractivity contribution in [1.82, 2.24) is 0 Å². The number of hydrogen-bond donors (Lipinski definition) is 0. The van der Waals surface area contributed by atoms with Gasteiger partial charge in [-0.3, -0.25) is 0 Å². The summed E-state index contributed by atoms with van der Waals surface area (Å²) in [6.45, 7) is 0.440. The fourth-order valence-corrected chi connectivity index (χ4v) is 1.56. The Balaban J connectivity index is 2.30. The third kappa shape index (κ3) is 2.85. The molecule has 0 spiro atoms. The molecule has 0 unspecified atom stereocenters. The topological polar surface area (TPSA) is 21.8 Å². The molecule has 82 valence electrons. The van der Waals surface area contributed by atoms with E-state index >= 15 is 0 Å². The van der Waals surface area contributed by atoms with E-state index in [1.165, 1.54) is 6.07 Å². The first kappa shape index (κ1) is 10.8. The molecule has 1 aromatic carbocycles. The maximum Gasteiger partial charge on any atom is 0.573 e. The van der Waals surface area contributed by atoms with Crippen LogP contribution in [0.2, 0.25) is 0 Å². The first-order valence-corrected chi connectivity index (χ1v) is 4.92. The van der Waals surface area contributed by atoms with E-state index in [0.717, 1.165) is 0 Å². The van der Waals surface area contributed by atoms with Crippen LogP contribution < -0.4 is 4.74 Å². The van der Waals surface area contributed by atoms with Crippen molar-refractivity contribution in [3.8, 4) is 5.75 Å². The van der Waals surface area contributed by atoms with Gasteiger partial charge in [0, 0.05) is 10.0 Å². The average molecular weight is 283 g/mol. The Hall–Kier alpha value is -0.750. The minimum absolute atomic E-state index is 0.209. The van der Waals surface area contributed by atoms with Crippen LogP contribution in [0, 0.1) is 0 Å². The molecule has 0 bridgehead atoms. The molecule has 0 aromatic heterocycles. The van der Waals surface area contributed by atoms with Gasteiger partial charge in [0.25, 0.3) is 0 Å². The summed E-state index contributed by atoms with van der Waals surface area (Å²) in [5.41, 5.74) is 0.426. The number of epoxide rings is 1. The van der Waals surface area contributed by atoms with Crippen molar-refractivity contribution in [1.29, 1.82) is 0 Å². The average Bonchev–Trinajstić information content (AvgIpc) is 2.84. The Morgan fingerprint density at radius 3 is 2.60 bits per heavy atom. The second-order valence-electron chi connectivity index (χ2n) is 3.05. The van der Waals surface area contributed by atoms with Gasteiger partial charge in [-0.05, 0) is 12.1 Å². The Bertz CT molecular complexity index is 374. The highest BCUT2D eigenvalue weighted by atomic mass is 79.9. The van der Waals surface area contributed by atoms with Gasteiger partial charge >= 0.3 is 6.36 Å². The molecular weight excluding hydrogens is 277 g/mol. The first-order chi connectivity index (χ1) is 6.96. The minimum Gasteiger partial charge on any atom is -0.405 e. The highest BCUT2D eigenvalue weighted by Gasteiger charge is 2.35. The number of benzene rings is 1. The van der Waals surface area contributed by atoms with E-state index in [1.807, 2.05) is 0 Å². The second-order valence-corrected chi connectivity index (χ2v) is 3.97. The molecule has 1 heterocycles. The van der Waals surface area contributed by atoms with Gasteiger partial charge in [-0.2, -0.15) is 0 Å². The summed E-state index contributed by atoms with van der Waals surface area (Å²) >= 11 is 3.09. The van der Waals surface area contributed by atoms with Gasteiger partial charge < -0.3 is 9.47 Å². The van der Waals surface area contributed by atoms with Crippen LogP contribution in [0.25, 0.3) is 0 Å². The quantitative estimate of drug-likeness (QED) is 0.776. The van der Waals surface area contributed by atoms with E-state index in [4.69, 9.17) is 4.74 Å². The molecule has 1 fully saturated rings. The smallest absolute Gasteiger partial charge is 0.405 e. The standard InChI is InChI=1S/C9H6BrF3O2/c10-5-1-2-6(8-4-14-8)7(3-5)15-9(11,12)13/h1-3,8H,4H2/t8-/m1/s1. The third-order valence-corrected chi connectivity index (χ3v) is 2.37. The van der Waals surface area contributed by atoms with Gasteiger partial charge in [0.15, 0.2) is 0 Å². The molecule has 0 saturated carbocycles. The molecule has 2 rings (SSSR count). The van der Waals surface area contributed by atoms with Crippen LogP contribution in [0.3, 0.4) is 0 Å². The van der Waals surface area contributed by atoms with Crippen molar-refractivity contribution in [3.05, 3.63) is 28.2 Å². The van der Waals surface area contributed by atoms with Crippen molar-refractivity contribution in [2.45, 2.75) is 12.5 Å². The Labute approximate surface area is 92.1 Å². The molecular formula is C9H6BrF3O2. The van der Waals surface area contributed by atoms with E-state index in [9.17, 15) is 13.2 Å². The number of hydrogen-bond acceptors (Lipinski definition) is 2. The first-order valence-electron chi connectivity index (χ1n) is 4.12. The zero-order valence-corrected chi connectivity index (χ0v) is 8.93. The highest BCUT2D eigenvalue weighted by molar-refractivity contribution is 9.10. The molecule has 1 atom stereocenters. The fourth-order valence-electron chi connectivity index (χ4n) is 1.21. The number of alkyl halides is 3. The van der Waals surface area contributed by atoms with Crippen LogP contribution in [0.5, 0.6) is 5.75 Å². The predicted molar refractivity (Wildman–Crippen MR) is 49.5 cm³/mol. The van der Waals surface area contributed by atoms with Crippen molar-refractivity contribution in [2.24, 2.45) is 0 Å². The highest BCUT2D eigenvalue weighted by Crippen LogP contribution is 2.39. The van der Waals surface area contributed by atoms with Crippen LogP contribution in [0.1, 0.15) is 11.7 Å².